The molecule has 4 nitrogen and oxygen atoms in total. The number of nitrogens with zero attached hydrogens (tertiary/aromatic N) is 3. The summed E-state index contributed by atoms with van der Waals surface area (Å²) in [7, 11) is 0. The van der Waals surface area contributed by atoms with E-state index in [1.54, 1.807) is 0 Å². The predicted molar refractivity (Wildman–Crippen MR) is 71.9 cm³/mol. The van der Waals surface area contributed by atoms with Crippen molar-refractivity contribution in [1.82, 2.24) is 15.0 Å². The Hall–Kier alpha value is -0.170. The van der Waals surface area contributed by atoms with E-state index in [2.05, 4.69) is 51.4 Å². The molecular weight excluding hydrogens is 315 g/mol. The zero-order valence-corrected chi connectivity index (χ0v) is 12.1. The van der Waals surface area contributed by atoms with Crippen LogP contribution in [-0.2, 0) is 6.54 Å². The van der Waals surface area contributed by atoms with Gasteiger partial charge < -0.3 is 5.73 Å². The van der Waals surface area contributed by atoms with E-state index < -0.39 is 0 Å². The average Bonchev–Trinajstić information content (AvgIpc) is 2.60. The van der Waals surface area contributed by atoms with E-state index in [0.717, 1.165) is 9.39 Å². The average molecular weight is 334 g/mol. The summed E-state index contributed by atoms with van der Waals surface area (Å²) in [6.07, 6.45) is 4.95. The molecule has 0 saturated heterocycles. The van der Waals surface area contributed by atoms with Gasteiger partial charge in [0.15, 0.2) is 0 Å². The molecule has 0 atom stereocenters. The SMILES string of the molecule is CC1(C)CCC(n2nnc(CN)c2I)CC1. The lowest BCUT2D eigenvalue weighted by Gasteiger charge is -2.34. The van der Waals surface area contributed by atoms with Crippen LogP contribution in [0.1, 0.15) is 51.3 Å². The van der Waals surface area contributed by atoms with E-state index in [-0.39, 0.29) is 0 Å². The molecule has 1 aromatic rings. The van der Waals surface area contributed by atoms with Crippen LogP contribution in [0.3, 0.4) is 0 Å². The van der Waals surface area contributed by atoms with E-state index in [0.29, 0.717) is 18.0 Å². The van der Waals surface area contributed by atoms with E-state index in [1.807, 2.05) is 0 Å². The third-order valence-electron chi connectivity index (χ3n) is 3.55. The minimum atomic E-state index is 0.483. The summed E-state index contributed by atoms with van der Waals surface area (Å²) >= 11 is 2.31. The lowest BCUT2D eigenvalue weighted by Crippen LogP contribution is -2.24. The van der Waals surface area contributed by atoms with Crippen molar-refractivity contribution in [1.29, 1.82) is 0 Å². The van der Waals surface area contributed by atoms with Crippen molar-refractivity contribution in [2.75, 3.05) is 0 Å². The van der Waals surface area contributed by atoms with Crippen LogP contribution in [0.25, 0.3) is 0 Å². The maximum atomic E-state index is 5.62. The molecule has 0 aromatic carbocycles. The Bertz CT molecular complexity index is 362. The summed E-state index contributed by atoms with van der Waals surface area (Å²) in [5.41, 5.74) is 7.04. The van der Waals surface area contributed by atoms with Gasteiger partial charge >= 0.3 is 0 Å². The topological polar surface area (TPSA) is 56.7 Å². The van der Waals surface area contributed by atoms with E-state index in [1.165, 1.54) is 25.7 Å². The summed E-state index contributed by atoms with van der Waals surface area (Å²) in [5, 5.41) is 8.36. The summed E-state index contributed by atoms with van der Waals surface area (Å²) in [6, 6.07) is 0.521. The third-order valence-corrected chi connectivity index (χ3v) is 4.67. The van der Waals surface area contributed by atoms with Crippen molar-refractivity contribution in [3.05, 3.63) is 9.39 Å². The molecule has 0 unspecified atom stereocenters. The highest BCUT2D eigenvalue weighted by atomic mass is 127. The molecular formula is C11H19IN4. The van der Waals surface area contributed by atoms with Crippen molar-refractivity contribution in [3.8, 4) is 0 Å². The Labute approximate surface area is 110 Å². The molecule has 1 aliphatic rings. The van der Waals surface area contributed by atoms with Gasteiger partial charge in [-0.1, -0.05) is 19.1 Å². The normalized spacial score (nSPS) is 21.2. The van der Waals surface area contributed by atoms with Crippen molar-refractivity contribution in [2.24, 2.45) is 11.1 Å². The molecule has 1 saturated carbocycles. The highest BCUT2D eigenvalue weighted by Crippen LogP contribution is 2.40. The van der Waals surface area contributed by atoms with Gasteiger partial charge in [-0.15, -0.1) is 5.10 Å². The van der Waals surface area contributed by atoms with Gasteiger partial charge in [0.25, 0.3) is 0 Å². The summed E-state index contributed by atoms with van der Waals surface area (Å²) < 4.78 is 3.18. The van der Waals surface area contributed by atoms with Crippen LogP contribution in [0.15, 0.2) is 0 Å². The highest BCUT2D eigenvalue weighted by Gasteiger charge is 2.29. The maximum Gasteiger partial charge on any atom is 0.124 e. The number of hydrogen-bond acceptors (Lipinski definition) is 3. The van der Waals surface area contributed by atoms with Gasteiger partial charge in [0.1, 0.15) is 9.39 Å². The summed E-state index contributed by atoms with van der Waals surface area (Å²) in [5.74, 6) is 0. The highest BCUT2D eigenvalue weighted by molar-refractivity contribution is 14.1. The Morgan fingerprint density at radius 3 is 2.56 bits per heavy atom. The van der Waals surface area contributed by atoms with Gasteiger partial charge in [0.2, 0.25) is 0 Å². The van der Waals surface area contributed by atoms with Gasteiger partial charge in [0.05, 0.1) is 6.04 Å². The molecule has 1 fully saturated rings. The first kappa shape index (κ1) is 12.3. The Balaban J connectivity index is 2.11. The van der Waals surface area contributed by atoms with Crippen LogP contribution >= 0.6 is 22.6 Å². The molecule has 2 rings (SSSR count). The smallest absolute Gasteiger partial charge is 0.124 e. The van der Waals surface area contributed by atoms with Crippen molar-refractivity contribution in [3.63, 3.8) is 0 Å². The Morgan fingerprint density at radius 1 is 1.44 bits per heavy atom. The first-order valence-electron chi connectivity index (χ1n) is 5.83. The first-order valence-corrected chi connectivity index (χ1v) is 6.91. The van der Waals surface area contributed by atoms with Gasteiger partial charge in [-0.25, -0.2) is 4.68 Å². The quantitative estimate of drug-likeness (QED) is 0.846. The molecule has 0 aliphatic heterocycles. The van der Waals surface area contributed by atoms with Crippen LogP contribution in [0.5, 0.6) is 0 Å². The lowest BCUT2D eigenvalue weighted by molar-refractivity contribution is 0.183. The monoisotopic (exact) mass is 334 g/mol. The molecule has 0 amide bonds. The fraction of sp³-hybridized carbons (Fsp3) is 0.818. The van der Waals surface area contributed by atoms with Crippen molar-refractivity contribution in [2.45, 2.75) is 52.1 Å². The number of rotatable bonds is 2. The van der Waals surface area contributed by atoms with Crippen molar-refractivity contribution < 1.29 is 0 Å². The number of aromatic nitrogens is 3. The standard InChI is InChI=1S/C11H19IN4/c1-11(2)5-3-8(4-6-11)16-10(12)9(7-13)14-15-16/h8H,3-7,13H2,1-2H3. The minimum Gasteiger partial charge on any atom is -0.325 e. The van der Waals surface area contributed by atoms with Gasteiger partial charge in [-0.05, 0) is 53.7 Å². The Morgan fingerprint density at radius 2 is 2.06 bits per heavy atom. The molecule has 1 aliphatic carbocycles. The molecule has 0 bridgehead atoms. The number of nitrogens with two attached hydrogens (primary N) is 1. The van der Waals surface area contributed by atoms with E-state index in [9.17, 15) is 0 Å². The third kappa shape index (κ3) is 2.40. The molecule has 16 heavy (non-hydrogen) atoms. The largest absolute Gasteiger partial charge is 0.325 e. The number of hydrogen-bond donors (Lipinski definition) is 1. The molecule has 1 heterocycles. The maximum absolute atomic E-state index is 5.62. The van der Waals surface area contributed by atoms with Gasteiger partial charge in [-0.3, -0.25) is 0 Å². The molecule has 1 aromatic heterocycles. The van der Waals surface area contributed by atoms with Gasteiger partial charge in [-0.2, -0.15) is 0 Å². The minimum absolute atomic E-state index is 0.483. The zero-order chi connectivity index (χ0) is 11.8. The second kappa shape index (κ2) is 4.60. The van der Waals surface area contributed by atoms with Crippen LogP contribution in [0, 0.1) is 9.12 Å². The number of halogens is 1. The summed E-state index contributed by atoms with van der Waals surface area (Å²) in [4.78, 5) is 0. The second-order valence-corrected chi connectivity index (χ2v) is 6.39. The van der Waals surface area contributed by atoms with E-state index >= 15 is 0 Å². The predicted octanol–water partition coefficient (Wildman–Crippen LogP) is 2.48. The van der Waals surface area contributed by atoms with Crippen molar-refractivity contribution >= 4 is 22.6 Å². The molecule has 0 spiro atoms. The second-order valence-electron chi connectivity index (χ2n) is 5.37. The van der Waals surface area contributed by atoms with Crippen LogP contribution in [0.4, 0.5) is 0 Å². The Kier molecular flexibility index (Phi) is 3.53. The fourth-order valence-corrected chi connectivity index (χ4v) is 3.12. The lowest BCUT2D eigenvalue weighted by atomic mass is 9.76. The van der Waals surface area contributed by atoms with Crippen LogP contribution in [-0.4, -0.2) is 15.0 Å². The summed E-state index contributed by atoms with van der Waals surface area (Å²) in [6.45, 7) is 5.18. The first-order chi connectivity index (χ1) is 7.53. The molecule has 5 heteroatoms. The van der Waals surface area contributed by atoms with E-state index in [4.69, 9.17) is 5.73 Å². The van der Waals surface area contributed by atoms with Crippen LogP contribution in [0.2, 0.25) is 0 Å². The van der Waals surface area contributed by atoms with Crippen LogP contribution < -0.4 is 5.73 Å². The zero-order valence-electron chi connectivity index (χ0n) is 9.91. The molecule has 0 radical (unpaired) electrons. The van der Waals surface area contributed by atoms with Gasteiger partial charge in [0, 0.05) is 6.54 Å². The molecule has 90 valence electrons. The fourth-order valence-electron chi connectivity index (χ4n) is 2.30. The molecule has 2 N–H and O–H groups in total.